The zero-order chi connectivity index (χ0) is 32.4. The Morgan fingerprint density at radius 3 is 2.48 bits per heavy atom. The quantitative estimate of drug-likeness (QED) is 0.270. The number of likely N-dealkylation sites (N-methyl/N-ethyl adjacent to an activating group) is 1. The Hall–Kier alpha value is -3.50. The predicted molar refractivity (Wildman–Crippen MR) is 165 cm³/mol. The first-order valence-electron chi connectivity index (χ1n) is 15.5. The van der Waals surface area contributed by atoms with Gasteiger partial charge in [0.25, 0.3) is 0 Å². The van der Waals surface area contributed by atoms with Crippen molar-refractivity contribution in [1.82, 2.24) is 14.7 Å². The number of nitrogens with zero attached hydrogens (tertiary/aromatic N) is 3. The lowest BCUT2D eigenvalue weighted by Crippen LogP contribution is -2.60. The molecule has 1 spiro atoms. The SMILES string of the molecule is C=CCCC(=O)N(C)[C@H](C)[C@H](OC(=O)[C@@H]1[C@@H]2CC[C@]3(O2)[C@H](C(=O)N(CC=C)C(C)(C)C)N(CCO)C(=O)[C@@H]13)c1ccccc1. The van der Waals surface area contributed by atoms with E-state index in [1.807, 2.05) is 58.0 Å². The number of benzene rings is 1. The van der Waals surface area contributed by atoms with Crippen LogP contribution >= 0.6 is 0 Å². The fourth-order valence-electron chi connectivity index (χ4n) is 7.14. The molecule has 1 N–H and O–H groups in total. The molecule has 0 saturated carbocycles. The van der Waals surface area contributed by atoms with Crippen molar-refractivity contribution in [1.29, 1.82) is 0 Å². The van der Waals surface area contributed by atoms with Gasteiger partial charge in [0, 0.05) is 32.1 Å². The van der Waals surface area contributed by atoms with Crippen LogP contribution in [-0.4, -0.2) is 99.6 Å². The fraction of sp³-hybridized carbons (Fsp3) is 0.588. The summed E-state index contributed by atoms with van der Waals surface area (Å²) < 4.78 is 12.8. The molecular formula is C34H47N3O7. The standard InChI is InChI=1S/C34H47N3O7/c1-8-10-16-25(39)35(7)22(3)28(23-14-12-11-13-15-23)43-32(42)26-24-17-18-34(44-24)27(26)30(40)36(20-21-38)29(34)31(41)37(19-9-2)33(4,5)6/h8-9,11-15,22,24,26-29,38H,1-2,10,16-21H2,3-7H3/t22-,24+,26-,27-,28+,29+,34-/m1/s1. The van der Waals surface area contributed by atoms with Gasteiger partial charge >= 0.3 is 5.97 Å². The predicted octanol–water partition coefficient (Wildman–Crippen LogP) is 3.26. The molecule has 44 heavy (non-hydrogen) atoms. The van der Waals surface area contributed by atoms with E-state index in [1.165, 1.54) is 4.90 Å². The number of aliphatic hydroxyl groups excluding tert-OH is 1. The molecule has 3 heterocycles. The third kappa shape index (κ3) is 5.94. The maximum atomic E-state index is 14.2. The van der Waals surface area contributed by atoms with Crippen molar-refractivity contribution < 1.29 is 33.8 Å². The third-order valence-corrected chi connectivity index (χ3v) is 9.41. The number of likely N-dealkylation sites (tertiary alicyclic amines) is 1. The van der Waals surface area contributed by atoms with Crippen molar-refractivity contribution in [2.24, 2.45) is 11.8 Å². The minimum absolute atomic E-state index is 0.0589. The maximum absolute atomic E-state index is 14.2. The van der Waals surface area contributed by atoms with Crippen molar-refractivity contribution in [3.8, 4) is 0 Å². The average molecular weight is 610 g/mol. The molecule has 2 bridgehead atoms. The van der Waals surface area contributed by atoms with E-state index >= 15 is 0 Å². The molecule has 1 aromatic carbocycles. The molecule has 1 aromatic rings. The Bertz CT molecular complexity index is 1260. The number of β-amino-alcohol motifs (C(OH)–C–C–N with tert-alkyl or cyclic N) is 1. The van der Waals surface area contributed by atoms with Crippen LogP contribution in [0.1, 0.15) is 65.0 Å². The minimum Gasteiger partial charge on any atom is -0.455 e. The van der Waals surface area contributed by atoms with Crippen LogP contribution in [0, 0.1) is 11.8 Å². The molecule has 3 aliphatic rings. The van der Waals surface area contributed by atoms with Crippen LogP contribution < -0.4 is 0 Å². The number of fused-ring (bicyclic) bond motifs is 1. The average Bonchev–Trinajstić information content (AvgIpc) is 3.63. The van der Waals surface area contributed by atoms with E-state index in [0.29, 0.717) is 24.8 Å². The van der Waals surface area contributed by atoms with E-state index in [0.717, 1.165) is 0 Å². The van der Waals surface area contributed by atoms with Crippen molar-refractivity contribution >= 4 is 23.7 Å². The van der Waals surface area contributed by atoms with Crippen LogP contribution in [-0.2, 0) is 28.7 Å². The number of rotatable bonds is 13. The van der Waals surface area contributed by atoms with Crippen LogP contribution in [0.2, 0.25) is 0 Å². The zero-order valence-corrected chi connectivity index (χ0v) is 26.6. The summed E-state index contributed by atoms with van der Waals surface area (Å²) in [5.41, 5.74) is -1.07. The van der Waals surface area contributed by atoms with Crippen molar-refractivity contribution in [2.75, 3.05) is 26.7 Å². The van der Waals surface area contributed by atoms with Crippen LogP contribution in [0.3, 0.4) is 0 Å². The summed E-state index contributed by atoms with van der Waals surface area (Å²) in [5, 5.41) is 9.90. The molecule has 0 unspecified atom stereocenters. The van der Waals surface area contributed by atoms with E-state index in [1.54, 1.807) is 29.0 Å². The summed E-state index contributed by atoms with van der Waals surface area (Å²) in [6, 6.07) is 7.72. The smallest absolute Gasteiger partial charge is 0.313 e. The first-order valence-corrected chi connectivity index (χ1v) is 15.5. The molecule has 240 valence electrons. The summed E-state index contributed by atoms with van der Waals surface area (Å²) in [6.07, 6.45) is 3.66. The Kier molecular flexibility index (Phi) is 10.0. The zero-order valence-electron chi connectivity index (χ0n) is 26.6. The number of carbonyl (C=O) groups is 4. The fourth-order valence-corrected chi connectivity index (χ4v) is 7.14. The molecule has 7 atom stereocenters. The Balaban J connectivity index is 1.67. The molecule has 3 saturated heterocycles. The molecule has 0 aromatic heterocycles. The van der Waals surface area contributed by atoms with E-state index in [9.17, 15) is 24.3 Å². The first-order chi connectivity index (χ1) is 20.8. The number of ether oxygens (including phenoxy) is 2. The van der Waals surface area contributed by atoms with Gasteiger partial charge in [-0.15, -0.1) is 13.2 Å². The highest BCUT2D eigenvalue weighted by Gasteiger charge is 2.75. The lowest BCUT2D eigenvalue weighted by atomic mass is 9.70. The Morgan fingerprint density at radius 2 is 1.89 bits per heavy atom. The number of hydrogen-bond donors (Lipinski definition) is 1. The van der Waals surface area contributed by atoms with Crippen molar-refractivity contribution in [3.05, 3.63) is 61.2 Å². The molecule has 4 rings (SSSR count). The second kappa shape index (κ2) is 13.2. The van der Waals surface area contributed by atoms with Crippen LogP contribution in [0.25, 0.3) is 0 Å². The maximum Gasteiger partial charge on any atom is 0.313 e. The Morgan fingerprint density at radius 1 is 1.20 bits per heavy atom. The second-order valence-corrected chi connectivity index (χ2v) is 13.1. The highest BCUT2D eigenvalue weighted by molar-refractivity contribution is 5.98. The molecule has 10 heteroatoms. The molecule has 3 fully saturated rings. The van der Waals surface area contributed by atoms with Gasteiger partial charge in [-0.2, -0.15) is 0 Å². The normalized spacial score (nSPS) is 27.0. The number of hydrogen-bond acceptors (Lipinski definition) is 7. The van der Waals surface area contributed by atoms with Gasteiger partial charge in [0.2, 0.25) is 17.7 Å². The molecule has 10 nitrogen and oxygen atoms in total. The summed E-state index contributed by atoms with van der Waals surface area (Å²) in [7, 11) is 1.68. The first kappa shape index (κ1) is 33.4. The summed E-state index contributed by atoms with van der Waals surface area (Å²) in [6.45, 7) is 14.9. The van der Waals surface area contributed by atoms with E-state index in [2.05, 4.69) is 13.2 Å². The molecule has 0 aliphatic carbocycles. The highest BCUT2D eigenvalue weighted by Crippen LogP contribution is 2.59. The number of allylic oxidation sites excluding steroid dienone is 1. The van der Waals surface area contributed by atoms with E-state index in [4.69, 9.17) is 9.47 Å². The number of amides is 3. The second-order valence-electron chi connectivity index (χ2n) is 13.1. The largest absolute Gasteiger partial charge is 0.455 e. The number of aliphatic hydroxyl groups is 1. The topological polar surface area (TPSA) is 117 Å². The molecule has 0 radical (unpaired) electrons. The number of esters is 1. The third-order valence-electron chi connectivity index (χ3n) is 9.41. The summed E-state index contributed by atoms with van der Waals surface area (Å²) in [4.78, 5) is 60.0. The lowest BCUT2D eigenvalue weighted by Gasteiger charge is -2.41. The molecule has 3 aliphatic heterocycles. The summed E-state index contributed by atoms with van der Waals surface area (Å²) in [5.74, 6) is -3.26. The van der Waals surface area contributed by atoms with Crippen LogP contribution in [0.4, 0.5) is 0 Å². The van der Waals surface area contributed by atoms with E-state index < -0.39 is 59.1 Å². The van der Waals surface area contributed by atoms with Crippen LogP contribution in [0.5, 0.6) is 0 Å². The summed E-state index contributed by atoms with van der Waals surface area (Å²) >= 11 is 0. The van der Waals surface area contributed by atoms with Gasteiger partial charge in [-0.25, -0.2) is 0 Å². The van der Waals surface area contributed by atoms with Gasteiger partial charge < -0.3 is 29.3 Å². The van der Waals surface area contributed by atoms with Crippen molar-refractivity contribution in [2.45, 2.75) is 88.8 Å². The van der Waals surface area contributed by atoms with Gasteiger partial charge in [0.15, 0.2) is 0 Å². The minimum atomic E-state index is -1.21. The van der Waals surface area contributed by atoms with E-state index in [-0.39, 0.29) is 37.9 Å². The van der Waals surface area contributed by atoms with Gasteiger partial charge in [0.05, 0.1) is 30.6 Å². The lowest BCUT2D eigenvalue weighted by molar-refractivity contribution is -0.165. The van der Waals surface area contributed by atoms with Gasteiger partial charge in [0.1, 0.15) is 17.7 Å². The number of carbonyl (C=O) groups excluding carboxylic acids is 4. The Labute approximate surface area is 260 Å². The van der Waals surface area contributed by atoms with Gasteiger partial charge in [-0.1, -0.05) is 42.5 Å². The molecular weight excluding hydrogens is 562 g/mol. The monoisotopic (exact) mass is 609 g/mol. The van der Waals surface area contributed by atoms with Crippen molar-refractivity contribution in [3.63, 3.8) is 0 Å². The van der Waals surface area contributed by atoms with Gasteiger partial charge in [-0.3, -0.25) is 19.2 Å². The van der Waals surface area contributed by atoms with Crippen LogP contribution in [0.15, 0.2) is 55.6 Å². The highest BCUT2D eigenvalue weighted by atomic mass is 16.6. The molecule has 3 amide bonds. The van der Waals surface area contributed by atoms with Gasteiger partial charge in [-0.05, 0) is 52.5 Å².